The molecule has 182 valence electrons. The Balaban J connectivity index is 1.37. The number of benzene rings is 1. The Morgan fingerprint density at radius 1 is 1.03 bits per heavy atom. The number of carbonyl (C=O) groups is 2. The van der Waals surface area contributed by atoms with E-state index < -0.39 is 18.0 Å². The monoisotopic (exact) mass is 502 g/mol. The zero-order chi connectivity index (χ0) is 24.4. The molecule has 10 heteroatoms. The summed E-state index contributed by atoms with van der Waals surface area (Å²) in [4.78, 5) is 43.0. The first-order chi connectivity index (χ1) is 17.6. The minimum Gasteiger partial charge on any atom is -0.360 e. The summed E-state index contributed by atoms with van der Waals surface area (Å²) in [7, 11) is 0. The fourth-order valence-corrected chi connectivity index (χ4v) is 6.41. The number of anilines is 1. The Bertz CT molecular complexity index is 1570. The normalized spacial score (nSPS) is 23.1. The first-order valence-electron chi connectivity index (χ1n) is 12.1. The highest BCUT2D eigenvalue weighted by molar-refractivity contribution is 7.17. The van der Waals surface area contributed by atoms with E-state index in [-0.39, 0.29) is 18.2 Å². The second-order valence-electron chi connectivity index (χ2n) is 9.50. The number of hydrogen-bond acceptors (Lipinski definition) is 7. The largest absolute Gasteiger partial charge is 0.360 e. The first-order valence-corrected chi connectivity index (χ1v) is 13.0. The number of aromatic amines is 1. The lowest BCUT2D eigenvalue weighted by Crippen LogP contribution is -2.56. The maximum absolute atomic E-state index is 15.2. The van der Waals surface area contributed by atoms with E-state index in [4.69, 9.17) is 9.97 Å². The first kappa shape index (κ1) is 21.6. The van der Waals surface area contributed by atoms with Gasteiger partial charge in [-0.25, -0.2) is 14.4 Å². The van der Waals surface area contributed by atoms with E-state index in [1.807, 2.05) is 40.6 Å². The van der Waals surface area contributed by atoms with E-state index in [2.05, 4.69) is 15.2 Å². The summed E-state index contributed by atoms with van der Waals surface area (Å²) in [5, 5.41) is 5.07. The summed E-state index contributed by atoms with van der Waals surface area (Å²) < 4.78 is 16.1. The molecular formula is C26H23FN6O2S. The molecule has 4 aromatic rings. The molecule has 3 aromatic heterocycles. The Labute approximate surface area is 209 Å². The molecule has 2 amide bonds. The second-order valence-corrected chi connectivity index (χ2v) is 10.4. The van der Waals surface area contributed by atoms with Crippen molar-refractivity contribution in [2.45, 2.75) is 25.1 Å². The average Bonchev–Trinajstić information content (AvgIpc) is 3.53. The number of nitrogens with one attached hydrogen (secondary N) is 2. The van der Waals surface area contributed by atoms with E-state index in [0.29, 0.717) is 46.6 Å². The Morgan fingerprint density at radius 3 is 2.67 bits per heavy atom. The molecule has 2 saturated heterocycles. The summed E-state index contributed by atoms with van der Waals surface area (Å²) in [6.45, 7) is 2.74. The highest BCUT2D eigenvalue weighted by atomic mass is 32.1. The van der Waals surface area contributed by atoms with Gasteiger partial charge in [0, 0.05) is 29.7 Å². The molecule has 0 aliphatic carbocycles. The fourth-order valence-electron chi connectivity index (χ4n) is 5.52. The highest BCUT2D eigenvalue weighted by Gasteiger charge is 2.38. The molecule has 0 spiro atoms. The van der Waals surface area contributed by atoms with Crippen molar-refractivity contribution >= 4 is 61.4 Å². The van der Waals surface area contributed by atoms with Crippen LogP contribution in [0.15, 0.2) is 41.9 Å². The predicted octanol–water partition coefficient (Wildman–Crippen LogP) is 3.36. The van der Waals surface area contributed by atoms with E-state index in [9.17, 15) is 9.59 Å². The van der Waals surface area contributed by atoms with Crippen LogP contribution in [0.1, 0.15) is 24.1 Å². The number of rotatable bonds is 4. The SMILES string of the molecule is O=C1NC(=O)C(c2c[nH]c3ccsc23)=C1c1nc(N2CCC(N3CCC3)C(F)C2)nc2ccccc12. The zero-order valence-electron chi connectivity index (χ0n) is 19.3. The summed E-state index contributed by atoms with van der Waals surface area (Å²) >= 11 is 1.50. The lowest BCUT2D eigenvalue weighted by molar-refractivity contribution is -0.122. The summed E-state index contributed by atoms with van der Waals surface area (Å²) in [5.41, 5.74) is 3.13. The number of aromatic nitrogens is 3. The van der Waals surface area contributed by atoms with Crippen LogP contribution in [-0.2, 0) is 9.59 Å². The highest BCUT2D eigenvalue weighted by Crippen LogP contribution is 2.39. The molecule has 0 saturated carbocycles. The number of carbonyl (C=O) groups excluding carboxylic acids is 2. The van der Waals surface area contributed by atoms with Gasteiger partial charge in [0.25, 0.3) is 11.8 Å². The van der Waals surface area contributed by atoms with Crippen molar-refractivity contribution < 1.29 is 14.0 Å². The Hall–Kier alpha value is -3.63. The lowest BCUT2D eigenvalue weighted by atomic mass is 9.97. The standard InChI is InChI=1S/C26H23FN6O2S/c27-16-13-33(10-6-19(16)32-8-3-9-32)26-29-17-5-2-1-4-14(17)22(30-26)21-20(24(34)31-25(21)35)15-12-28-18-7-11-36-23(15)18/h1-2,4-5,7,11-12,16,19,28H,3,6,8-10,13H2,(H,31,34,35). The maximum Gasteiger partial charge on any atom is 0.261 e. The van der Waals surface area contributed by atoms with Crippen LogP contribution in [0.4, 0.5) is 10.3 Å². The molecule has 3 aliphatic rings. The van der Waals surface area contributed by atoms with Gasteiger partial charge in [0.15, 0.2) is 0 Å². The summed E-state index contributed by atoms with van der Waals surface area (Å²) in [6, 6.07) is 9.30. The van der Waals surface area contributed by atoms with E-state index >= 15 is 4.39 Å². The minimum atomic E-state index is -1.00. The summed E-state index contributed by atoms with van der Waals surface area (Å²) in [5.74, 6) is -0.564. The van der Waals surface area contributed by atoms with Gasteiger partial charge < -0.3 is 9.88 Å². The van der Waals surface area contributed by atoms with Crippen LogP contribution >= 0.6 is 11.3 Å². The maximum atomic E-state index is 15.2. The Kier molecular flexibility index (Phi) is 4.93. The van der Waals surface area contributed by atoms with Crippen molar-refractivity contribution in [1.82, 2.24) is 25.2 Å². The van der Waals surface area contributed by atoms with Crippen LogP contribution in [-0.4, -0.2) is 70.1 Å². The van der Waals surface area contributed by atoms with Crippen LogP contribution in [0, 0.1) is 0 Å². The lowest BCUT2D eigenvalue weighted by Gasteiger charge is -2.44. The number of imide groups is 1. The van der Waals surface area contributed by atoms with Crippen molar-refractivity contribution in [2.75, 3.05) is 31.1 Å². The average molecular weight is 503 g/mol. The Morgan fingerprint density at radius 2 is 1.86 bits per heavy atom. The van der Waals surface area contributed by atoms with Gasteiger partial charge in [-0.15, -0.1) is 11.3 Å². The molecule has 0 radical (unpaired) electrons. The number of para-hydroxylation sites is 1. The van der Waals surface area contributed by atoms with Crippen LogP contribution in [0.25, 0.3) is 32.3 Å². The number of fused-ring (bicyclic) bond motifs is 2. The number of amides is 2. The number of piperidine rings is 1. The second kappa shape index (κ2) is 8.21. The molecule has 2 unspecified atom stereocenters. The minimum absolute atomic E-state index is 0.0655. The number of nitrogens with zero attached hydrogens (tertiary/aromatic N) is 4. The number of alkyl halides is 1. The van der Waals surface area contributed by atoms with Crippen LogP contribution in [0.3, 0.4) is 0 Å². The van der Waals surface area contributed by atoms with Crippen molar-refractivity contribution in [3.63, 3.8) is 0 Å². The van der Waals surface area contributed by atoms with Crippen molar-refractivity contribution in [3.05, 3.63) is 53.2 Å². The van der Waals surface area contributed by atoms with Gasteiger partial charge in [0.2, 0.25) is 5.95 Å². The van der Waals surface area contributed by atoms with Gasteiger partial charge in [0.1, 0.15) is 6.17 Å². The number of likely N-dealkylation sites (tertiary alicyclic amines) is 1. The van der Waals surface area contributed by atoms with Crippen LogP contribution in [0.5, 0.6) is 0 Å². The van der Waals surface area contributed by atoms with Gasteiger partial charge in [0.05, 0.1) is 39.1 Å². The number of halogens is 1. The molecule has 6 heterocycles. The van der Waals surface area contributed by atoms with E-state index in [1.165, 1.54) is 11.3 Å². The van der Waals surface area contributed by atoms with Crippen LogP contribution in [0.2, 0.25) is 0 Å². The van der Waals surface area contributed by atoms with Gasteiger partial charge in [-0.05, 0) is 43.4 Å². The van der Waals surface area contributed by atoms with Crippen molar-refractivity contribution in [1.29, 1.82) is 0 Å². The quantitative estimate of drug-likeness (QED) is 0.416. The molecule has 7 rings (SSSR count). The third-order valence-electron chi connectivity index (χ3n) is 7.46. The van der Waals surface area contributed by atoms with E-state index in [1.54, 1.807) is 6.20 Å². The molecule has 1 aromatic carbocycles. The number of H-pyrrole nitrogens is 1. The molecule has 8 nitrogen and oxygen atoms in total. The predicted molar refractivity (Wildman–Crippen MR) is 137 cm³/mol. The molecule has 3 aliphatic heterocycles. The topological polar surface area (TPSA) is 94.2 Å². The third kappa shape index (κ3) is 3.28. The summed E-state index contributed by atoms with van der Waals surface area (Å²) in [6.07, 6.45) is 2.57. The van der Waals surface area contributed by atoms with Crippen LogP contribution < -0.4 is 10.2 Å². The van der Waals surface area contributed by atoms with Gasteiger partial charge >= 0.3 is 0 Å². The smallest absolute Gasteiger partial charge is 0.261 e. The van der Waals surface area contributed by atoms with Gasteiger partial charge in [-0.1, -0.05) is 18.2 Å². The van der Waals surface area contributed by atoms with Gasteiger partial charge in [-0.3, -0.25) is 19.8 Å². The van der Waals surface area contributed by atoms with Gasteiger partial charge in [-0.2, -0.15) is 0 Å². The molecule has 2 N–H and O–H groups in total. The molecule has 0 bridgehead atoms. The fraction of sp³-hybridized carbons (Fsp3) is 0.308. The third-order valence-corrected chi connectivity index (χ3v) is 8.41. The van der Waals surface area contributed by atoms with E-state index in [0.717, 1.165) is 29.7 Å². The number of thiophene rings is 1. The molecule has 2 atom stereocenters. The van der Waals surface area contributed by atoms with Crippen molar-refractivity contribution in [3.8, 4) is 0 Å². The zero-order valence-corrected chi connectivity index (χ0v) is 20.1. The molecular weight excluding hydrogens is 479 g/mol. The van der Waals surface area contributed by atoms with Crippen molar-refractivity contribution in [2.24, 2.45) is 0 Å². The molecule has 2 fully saturated rings. The molecule has 36 heavy (non-hydrogen) atoms. The number of hydrogen-bond donors (Lipinski definition) is 2.